The van der Waals surface area contributed by atoms with Crippen molar-refractivity contribution in [1.29, 1.82) is 5.41 Å². The Morgan fingerprint density at radius 1 is 1.11 bits per heavy atom. The van der Waals surface area contributed by atoms with Crippen molar-refractivity contribution in [1.82, 2.24) is 10.6 Å². The maximum absolute atomic E-state index is 13.0. The van der Waals surface area contributed by atoms with Crippen LogP contribution in [-0.4, -0.2) is 57.9 Å². The second kappa shape index (κ2) is 12.9. The molecule has 0 bridgehead atoms. The molecule has 0 atom stereocenters. The summed E-state index contributed by atoms with van der Waals surface area (Å²) in [5.41, 5.74) is 11.6. The molecule has 0 aromatic heterocycles. The molecule has 2 rings (SSSR count). The number of primary amides is 1. The van der Waals surface area contributed by atoms with Gasteiger partial charge in [-0.1, -0.05) is 30.7 Å². The first-order valence-corrected chi connectivity index (χ1v) is 13.0. The van der Waals surface area contributed by atoms with Crippen LogP contribution in [0.2, 0.25) is 5.02 Å². The topological polar surface area (TPSA) is 198 Å². The fourth-order valence-corrected chi connectivity index (χ4v) is 4.91. The average molecular weight is 553 g/mol. The Labute approximate surface area is 219 Å². The zero-order valence-corrected chi connectivity index (χ0v) is 21.9. The van der Waals surface area contributed by atoms with Crippen molar-refractivity contribution in [2.75, 3.05) is 30.3 Å². The van der Waals surface area contributed by atoms with E-state index >= 15 is 0 Å². The highest BCUT2D eigenvalue weighted by atomic mass is 35.5. The molecule has 3 amide bonds. The van der Waals surface area contributed by atoms with Crippen molar-refractivity contribution in [2.45, 2.75) is 19.9 Å². The molecule has 14 heteroatoms. The maximum atomic E-state index is 13.0. The number of hydrogen-bond acceptors (Lipinski definition) is 7. The van der Waals surface area contributed by atoms with Crippen molar-refractivity contribution < 1.29 is 27.5 Å². The third-order valence-corrected chi connectivity index (χ3v) is 7.14. The summed E-state index contributed by atoms with van der Waals surface area (Å²) in [5.74, 6) is -2.07. The van der Waals surface area contributed by atoms with Gasteiger partial charge in [-0.25, -0.2) is 8.42 Å². The summed E-state index contributed by atoms with van der Waals surface area (Å²) in [5, 5.41) is 12.7. The molecule has 0 saturated carbocycles. The fraction of sp³-hybridized carbons (Fsp3) is 0.304. The molecule has 0 aliphatic heterocycles. The molecular formula is C23H29ClN6O6S. The van der Waals surface area contributed by atoms with Crippen LogP contribution in [0.4, 0.5) is 5.69 Å². The standard InChI is InChI=1S/C23H29ClN6O6S/c1-3-6-37(34,35)30(12-21(32)28-2)18-8-16(7-17(24)10-18)23(33)29-11-15-5-4-14(22(26)27)9-19(15)36-13-20(25)31/h4-5,7-10H,3,6,11-13H2,1-2H3,(H2,25,31)(H3,26,27)(H,28,32)(H,29,33). The van der Waals surface area contributed by atoms with E-state index < -0.39 is 40.9 Å². The first-order chi connectivity index (χ1) is 17.4. The minimum Gasteiger partial charge on any atom is -0.483 e. The molecule has 0 radical (unpaired) electrons. The number of hydrogen-bond donors (Lipinski definition) is 5. The minimum absolute atomic E-state index is 0.0519. The van der Waals surface area contributed by atoms with Gasteiger partial charge in [0.15, 0.2) is 6.61 Å². The van der Waals surface area contributed by atoms with E-state index in [9.17, 15) is 22.8 Å². The molecule has 2 aromatic rings. The predicted octanol–water partition coefficient (Wildman–Crippen LogP) is 0.710. The molecule has 0 aliphatic rings. The van der Waals surface area contributed by atoms with Gasteiger partial charge in [0.05, 0.1) is 11.4 Å². The first kappa shape index (κ1) is 29.4. The smallest absolute Gasteiger partial charge is 0.255 e. The summed E-state index contributed by atoms with van der Waals surface area (Å²) in [6.07, 6.45) is 0.322. The van der Waals surface area contributed by atoms with E-state index in [2.05, 4.69) is 10.6 Å². The van der Waals surface area contributed by atoms with Crippen LogP contribution >= 0.6 is 11.6 Å². The Kier molecular flexibility index (Phi) is 10.3. The lowest BCUT2D eigenvalue weighted by atomic mass is 10.1. The SMILES string of the molecule is CCCS(=O)(=O)N(CC(=O)NC)c1cc(Cl)cc(C(=O)NCc2ccc(C(=N)N)cc2OCC(N)=O)c1. The van der Waals surface area contributed by atoms with E-state index in [1.807, 2.05) is 0 Å². The Hall–Kier alpha value is -3.84. The number of amides is 3. The van der Waals surface area contributed by atoms with E-state index in [0.717, 1.165) is 4.31 Å². The molecule has 37 heavy (non-hydrogen) atoms. The Morgan fingerprint density at radius 3 is 2.41 bits per heavy atom. The number of carbonyl (C=O) groups is 3. The summed E-state index contributed by atoms with van der Waals surface area (Å²) >= 11 is 6.20. The van der Waals surface area contributed by atoms with E-state index in [-0.39, 0.29) is 40.2 Å². The Morgan fingerprint density at radius 2 is 1.81 bits per heavy atom. The summed E-state index contributed by atoms with van der Waals surface area (Å²) < 4.78 is 32.0. The van der Waals surface area contributed by atoms with Gasteiger partial charge in [-0.2, -0.15) is 0 Å². The van der Waals surface area contributed by atoms with Crippen molar-refractivity contribution in [2.24, 2.45) is 11.5 Å². The molecule has 0 heterocycles. The van der Waals surface area contributed by atoms with Gasteiger partial charge in [0, 0.05) is 35.3 Å². The molecule has 0 fully saturated rings. The molecule has 2 aromatic carbocycles. The van der Waals surface area contributed by atoms with Gasteiger partial charge in [-0.05, 0) is 30.7 Å². The van der Waals surface area contributed by atoms with Crippen LogP contribution in [0.1, 0.15) is 34.8 Å². The van der Waals surface area contributed by atoms with Crippen LogP contribution in [0.5, 0.6) is 5.75 Å². The quantitative estimate of drug-likeness (QED) is 0.178. The van der Waals surface area contributed by atoms with Crippen molar-refractivity contribution in [3.8, 4) is 5.75 Å². The van der Waals surface area contributed by atoms with Crippen LogP contribution in [0.3, 0.4) is 0 Å². The number of ether oxygens (including phenoxy) is 1. The normalized spacial score (nSPS) is 10.9. The fourth-order valence-electron chi connectivity index (χ4n) is 3.21. The third-order valence-electron chi connectivity index (χ3n) is 4.98. The maximum Gasteiger partial charge on any atom is 0.255 e. The second-order valence-electron chi connectivity index (χ2n) is 7.87. The number of rotatable bonds is 13. The highest BCUT2D eigenvalue weighted by Crippen LogP contribution is 2.26. The van der Waals surface area contributed by atoms with Crippen molar-refractivity contribution in [3.05, 3.63) is 58.1 Å². The minimum atomic E-state index is -3.87. The van der Waals surface area contributed by atoms with Crippen LogP contribution in [-0.2, 0) is 26.2 Å². The van der Waals surface area contributed by atoms with Gasteiger partial charge in [-0.15, -0.1) is 0 Å². The van der Waals surface area contributed by atoms with Gasteiger partial charge in [0.1, 0.15) is 18.1 Å². The van der Waals surface area contributed by atoms with E-state index in [4.69, 9.17) is 33.2 Å². The molecule has 0 saturated heterocycles. The predicted molar refractivity (Wildman–Crippen MR) is 140 cm³/mol. The van der Waals surface area contributed by atoms with Crippen molar-refractivity contribution >= 4 is 50.9 Å². The monoisotopic (exact) mass is 552 g/mol. The number of likely N-dealkylation sites (N-methyl/N-ethyl adjacent to an activating group) is 1. The number of halogens is 1. The highest BCUT2D eigenvalue weighted by molar-refractivity contribution is 7.92. The highest BCUT2D eigenvalue weighted by Gasteiger charge is 2.25. The number of amidine groups is 1. The molecular weight excluding hydrogens is 524 g/mol. The lowest BCUT2D eigenvalue weighted by Gasteiger charge is -2.24. The van der Waals surface area contributed by atoms with Gasteiger partial charge < -0.3 is 26.8 Å². The summed E-state index contributed by atoms with van der Waals surface area (Å²) in [6.45, 7) is 0.733. The van der Waals surface area contributed by atoms with Gasteiger partial charge in [0.25, 0.3) is 11.8 Å². The lowest BCUT2D eigenvalue weighted by molar-refractivity contribution is -0.120. The molecule has 0 aliphatic carbocycles. The summed E-state index contributed by atoms with van der Waals surface area (Å²) in [4.78, 5) is 36.1. The van der Waals surface area contributed by atoms with Crippen LogP contribution < -0.4 is 31.1 Å². The number of sulfonamides is 1. The lowest BCUT2D eigenvalue weighted by Crippen LogP contribution is -2.41. The number of carbonyl (C=O) groups excluding carboxylic acids is 3. The zero-order chi connectivity index (χ0) is 27.8. The van der Waals surface area contributed by atoms with E-state index in [0.29, 0.717) is 17.5 Å². The number of nitrogens with two attached hydrogens (primary N) is 2. The number of nitrogen functional groups attached to an aromatic ring is 1. The molecule has 200 valence electrons. The van der Waals surface area contributed by atoms with Crippen LogP contribution in [0.15, 0.2) is 36.4 Å². The van der Waals surface area contributed by atoms with E-state index in [1.165, 1.54) is 31.3 Å². The number of nitrogens with zero attached hydrogens (tertiary/aromatic N) is 1. The van der Waals surface area contributed by atoms with Gasteiger partial charge >= 0.3 is 0 Å². The summed E-state index contributed by atoms with van der Waals surface area (Å²) in [6, 6.07) is 8.59. The third kappa shape index (κ3) is 8.36. The Bertz CT molecular complexity index is 1300. The van der Waals surface area contributed by atoms with Gasteiger partial charge in [0.2, 0.25) is 15.9 Å². The summed E-state index contributed by atoms with van der Waals surface area (Å²) in [7, 11) is -2.49. The zero-order valence-electron chi connectivity index (χ0n) is 20.3. The van der Waals surface area contributed by atoms with E-state index in [1.54, 1.807) is 19.1 Å². The van der Waals surface area contributed by atoms with Gasteiger partial charge in [-0.3, -0.25) is 24.1 Å². The largest absolute Gasteiger partial charge is 0.483 e. The first-order valence-electron chi connectivity index (χ1n) is 11.1. The second-order valence-corrected chi connectivity index (χ2v) is 10.3. The molecule has 0 unspecified atom stereocenters. The number of anilines is 1. The molecule has 7 N–H and O–H groups in total. The molecule has 12 nitrogen and oxygen atoms in total. The van der Waals surface area contributed by atoms with Crippen molar-refractivity contribution in [3.63, 3.8) is 0 Å². The average Bonchev–Trinajstić information content (AvgIpc) is 2.83. The van der Waals surface area contributed by atoms with Crippen LogP contribution in [0.25, 0.3) is 0 Å². The Balaban J connectivity index is 2.34. The van der Waals surface area contributed by atoms with Crippen LogP contribution in [0, 0.1) is 5.41 Å². The number of nitrogens with one attached hydrogen (secondary N) is 3. The number of benzene rings is 2. The molecule has 0 spiro atoms.